The number of nitrogens with zero attached hydrogens (tertiary/aromatic N) is 2. The molecule has 1 aromatic heterocycles. The fourth-order valence-electron chi connectivity index (χ4n) is 2.91. The zero-order chi connectivity index (χ0) is 17.5. The van der Waals surface area contributed by atoms with Gasteiger partial charge in [0.05, 0.1) is 5.69 Å². The van der Waals surface area contributed by atoms with E-state index in [0.29, 0.717) is 12.2 Å². The number of amides is 2. The Kier molecular flexibility index (Phi) is 5.79. The molecule has 6 nitrogen and oxygen atoms in total. The molecule has 2 amide bonds. The first-order valence-corrected chi connectivity index (χ1v) is 8.29. The Bertz CT molecular complexity index is 698. The standard InChI is InChI=1S/C18H21FN4O2/c19-16-7-1-2-8-17(16)23-10-4-6-15(12-23)21-18(24)22-25-13-14-5-3-9-20-11-14/h1-3,5,7-9,11,15H,4,6,10,12-13H2,(H2,21,22,24)/t15-/m1/s1. The number of rotatable bonds is 5. The number of carbonyl (C=O) groups excluding carboxylic acids is 1. The fourth-order valence-corrected chi connectivity index (χ4v) is 2.91. The van der Waals surface area contributed by atoms with E-state index in [0.717, 1.165) is 24.9 Å². The van der Waals surface area contributed by atoms with Crippen LogP contribution in [0.5, 0.6) is 0 Å². The number of para-hydroxylation sites is 1. The van der Waals surface area contributed by atoms with Crippen LogP contribution in [-0.4, -0.2) is 30.1 Å². The molecule has 2 N–H and O–H groups in total. The first kappa shape index (κ1) is 17.2. The van der Waals surface area contributed by atoms with Crippen LogP contribution >= 0.6 is 0 Å². The van der Waals surface area contributed by atoms with Gasteiger partial charge in [0.1, 0.15) is 12.4 Å². The van der Waals surface area contributed by atoms with Gasteiger partial charge in [-0.05, 0) is 36.6 Å². The Hall–Kier alpha value is -2.67. The van der Waals surface area contributed by atoms with Gasteiger partial charge in [0.2, 0.25) is 0 Å². The molecule has 0 radical (unpaired) electrons. The lowest BCUT2D eigenvalue weighted by Gasteiger charge is -2.34. The number of hydrogen-bond acceptors (Lipinski definition) is 4. The van der Waals surface area contributed by atoms with Gasteiger partial charge in [-0.15, -0.1) is 0 Å². The van der Waals surface area contributed by atoms with E-state index < -0.39 is 6.03 Å². The van der Waals surface area contributed by atoms with Crippen LogP contribution in [0.3, 0.4) is 0 Å². The molecule has 1 fully saturated rings. The van der Waals surface area contributed by atoms with Gasteiger partial charge in [0, 0.05) is 31.5 Å². The summed E-state index contributed by atoms with van der Waals surface area (Å²) < 4.78 is 13.9. The van der Waals surface area contributed by atoms with E-state index in [-0.39, 0.29) is 18.5 Å². The summed E-state index contributed by atoms with van der Waals surface area (Å²) in [6.07, 6.45) is 5.08. The highest BCUT2D eigenvalue weighted by atomic mass is 19.1. The van der Waals surface area contributed by atoms with Gasteiger partial charge < -0.3 is 10.2 Å². The molecule has 1 aromatic carbocycles. The second-order valence-electron chi connectivity index (χ2n) is 5.96. The van der Waals surface area contributed by atoms with E-state index in [9.17, 15) is 9.18 Å². The Morgan fingerprint density at radius 1 is 1.32 bits per heavy atom. The average Bonchev–Trinajstić information content (AvgIpc) is 2.63. The van der Waals surface area contributed by atoms with Crippen molar-refractivity contribution in [3.63, 3.8) is 0 Å². The fraction of sp³-hybridized carbons (Fsp3) is 0.333. The highest BCUT2D eigenvalue weighted by Gasteiger charge is 2.23. The highest BCUT2D eigenvalue weighted by Crippen LogP contribution is 2.22. The molecule has 2 heterocycles. The third-order valence-corrected chi connectivity index (χ3v) is 4.08. The van der Waals surface area contributed by atoms with Gasteiger partial charge >= 0.3 is 6.03 Å². The predicted molar refractivity (Wildman–Crippen MR) is 92.3 cm³/mol. The molecule has 2 aromatic rings. The van der Waals surface area contributed by atoms with E-state index >= 15 is 0 Å². The van der Waals surface area contributed by atoms with Gasteiger partial charge in [-0.25, -0.2) is 14.7 Å². The lowest BCUT2D eigenvalue weighted by Crippen LogP contribution is -2.50. The summed E-state index contributed by atoms with van der Waals surface area (Å²) >= 11 is 0. The van der Waals surface area contributed by atoms with Crippen molar-refractivity contribution in [2.75, 3.05) is 18.0 Å². The highest BCUT2D eigenvalue weighted by molar-refractivity contribution is 5.73. The van der Waals surface area contributed by atoms with Crippen molar-refractivity contribution in [2.24, 2.45) is 0 Å². The maximum atomic E-state index is 13.9. The second kappa shape index (κ2) is 8.43. The summed E-state index contributed by atoms with van der Waals surface area (Å²) in [4.78, 5) is 23.1. The summed E-state index contributed by atoms with van der Waals surface area (Å²) in [5, 5.41) is 2.87. The van der Waals surface area contributed by atoms with E-state index in [2.05, 4.69) is 15.8 Å². The lowest BCUT2D eigenvalue weighted by atomic mass is 10.0. The first-order chi connectivity index (χ1) is 12.2. The smallest absolute Gasteiger partial charge is 0.338 e. The molecule has 0 saturated carbocycles. The van der Waals surface area contributed by atoms with Crippen molar-refractivity contribution in [3.05, 3.63) is 60.2 Å². The number of carbonyl (C=O) groups is 1. The summed E-state index contributed by atoms with van der Waals surface area (Å²) in [7, 11) is 0. The Labute approximate surface area is 146 Å². The van der Waals surface area contributed by atoms with Gasteiger partial charge in [0.25, 0.3) is 0 Å². The monoisotopic (exact) mass is 344 g/mol. The third-order valence-electron chi connectivity index (χ3n) is 4.08. The molecule has 0 unspecified atom stereocenters. The van der Waals surface area contributed by atoms with Crippen LogP contribution < -0.4 is 15.7 Å². The number of hydrogen-bond donors (Lipinski definition) is 2. The minimum Gasteiger partial charge on any atom is -0.367 e. The van der Waals surface area contributed by atoms with Gasteiger partial charge in [0.15, 0.2) is 0 Å². The molecule has 1 aliphatic rings. The Balaban J connectivity index is 1.46. The van der Waals surface area contributed by atoms with Crippen molar-refractivity contribution >= 4 is 11.7 Å². The normalized spacial score (nSPS) is 17.2. The zero-order valence-corrected chi connectivity index (χ0v) is 13.8. The zero-order valence-electron chi connectivity index (χ0n) is 13.8. The number of nitrogens with one attached hydrogen (secondary N) is 2. The van der Waals surface area contributed by atoms with Crippen LogP contribution in [0.25, 0.3) is 0 Å². The molecule has 132 valence electrons. The summed E-state index contributed by atoms with van der Waals surface area (Å²) in [5.41, 5.74) is 3.81. The van der Waals surface area contributed by atoms with E-state index in [1.54, 1.807) is 30.6 Å². The summed E-state index contributed by atoms with van der Waals surface area (Å²) in [6, 6.07) is 9.90. The number of anilines is 1. The number of hydroxylamine groups is 1. The van der Waals surface area contributed by atoms with Crippen molar-refractivity contribution in [2.45, 2.75) is 25.5 Å². The molecule has 3 rings (SSSR count). The largest absolute Gasteiger partial charge is 0.367 e. The van der Waals surface area contributed by atoms with E-state index in [4.69, 9.17) is 4.84 Å². The maximum absolute atomic E-state index is 13.9. The van der Waals surface area contributed by atoms with E-state index in [1.807, 2.05) is 17.0 Å². The van der Waals surface area contributed by atoms with Crippen LogP contribution in [0.2, 0.25) is 0 Å². The lowest BCUT2D eigenvalue weighted by molar-refractivity contribution is 0.0478. The topological polar surface area (TPSA) is 66.5 Å². The third kappa shape index (κ3) is 4.90. The summed E-state index contributed by atoms with van der Waals surface area (Å²) in [6.45, 7) is 1.59. The van der Waals surface area contributed by atoms with Crippen molar-refractivity contribution < 1.29 is 14.0 Å². The maximum Gasteiger partial charge on any atom is 0.338 e. The Morgan fingerprint density at radius 3 is 3.00 bits per heavy atom. The first-order valence-electron chi connectivity index (χ1n) is 8.29. The molecule has 1 saturated heterocycles. The molecular weight excluding hydrogens is 323 g/mol. The second-order valence-corrected chi connectivity index (χ2v) is 5.96. The van der Waals surface area contributed by atoms with Crippen LogP contribution in [0.1, 0.15) is 18.4 Å². The number of urea groups is 1. The van der Waals surface area contributed by atoms with Crippen molar-refractivity contribution in [3.8, 4) is 0 Å². The van der Waals surface area contributed by atoms with Crippen molar-refractivity contribution in [1.29, 1.82) is 0 Å². The van der Waals surface area contributed by atoms with Gasteiger partial charge in [-0.1, -0.05) is 18.2 Å². The van der Waals surface area contributed by atoms with E-state index in [1.165, 1.54) is 6.07 Å². The number of piperidine rings is 1. The molecule has 25 heavy (non-hydrogen) atoms. The quantitative estimate of drug-likeness (QED) is 0.819. The van der Waals surface area contributed by atoms with Crippen molar-refractivity contribution in [1.82, 2.24) is 15.8 Å². The molecule has 1 atom stereocenters. The SMILES string of the molecule is O=C(NOCc1cccnc1)N[C@@H]1CCCN(c2ccccc2F)C1. The molecule has 0 aliphatic carbocycles. The minimum absolute atomic E-state index is 0.0599. The average molecular weight is 344 g/mol. The molecule has 1 aliphatic heterocycles. The Morgan fingerprint density at radius 2 is 2.20 bits per heavy atom. The predicted octanol–water partition coefficient (Wildman–Crippen LogP) is 2.62. The van der Waals surface area contributed by atoms with Gasteiger partial charge in [-0.3, -0.25) is 9.82 Å². The number of aromatic nitrogens is 1. The minimum atomic E-state index is -0.399. The number of pyridine rings is 1. The molecule has 0 spiro atoms. The number of halogens is 1. The molecule has 0 bridgehead atoms. The summed E-state index contributed by atoms with van der Waals surface area (Å²) in [5.74, 6) is -0.243. The molecule has 7 heteroatoms. The van der Waals surface area contributed by atoms with Crippen LogP contribution in [0.4, 0.5) is 14.9 Å². The van der Waals surface area contributed by atoms with Crippen LogP contribution in [-0.2, 0) is 11.4 Å². The number of benzene rings is 1. The molecular formula is C18H21FN4O2. The van der Waals surface area contributed by atoms with Crippen LogP contribution in [0, 0.1) is 5.82 Å². The van der Waals surface area contributed by atoms with Crippen LogP contribution in [0.15, 0.2) is 48.8 Å². The van der Waals surface area contributed by atoms with Gasteiger partial charge in [-0.2, -0.15) is 0 Å².